The largest absolute Gasteiger partial charge is 0.476 e. The molecule has 0 radical (unpaired) electrons. The van der Waals surface area contributed by atoms with E-state index in [-0.39, 0.29) is 5.69 Å². The second-order valence-electron chi connectivity index (χ2n) is 1.87. The van der Waals surface area contributed by atoms with Gasteiger partial charge in [-0.05, 0) is 19.1 Å². The number of rotatable bonds is 1. The molecule has 4 nitrogen and oxygen atoms in total. The highest BCUT2D eigenvalue weighted by Crippen LogP contribution is 1.93. The van der Waals surface area contributed by atoms with Crippen molar-refractivity contribution in [3.8, 4) is 0 Å². The van der Waals surface area contributed by atoms with E-state index in [0.29, 0.717) is 5.69 Å². The minimum Gasteiger partial charge on any atom is -0.476 e. The molecule has 0 aliphatic rings. The van der Waals surface area contributed by atoms with Crippen LogP contribution in [0.3, 0.4) is 0 Å². The van der Waals surface area contributed by atoms with E-state index in [1.807, 2.05) is 0 Å². The third-order valence-corrected chi connectivity index (χ3v) is 1.02. The molecule has 0 fully saturated rings. The van der Waals surface area contributed by atoms with Gasteiger partial charge in [-0.2, -0.15) is 5.10 Å². The summed E-state index contributed by atoms with van der Waals surface area (Å²) in [7, 11) is 0. The molecule has 1 aromatic heterocycles. The lowest BCUT2D eigenvalue weighted by molar-refractivity contribution is 0.0689. The summed E-state index contributed by atoms with van der Waals surface area (Å²) in [6.45, 7) is 1.75. The van der Waals surface area contributed by atoms with Gasteiger partial charge in [0.25, 0.3) is 0 Å². The molecular formula is C6H6N2O2. The maximum atomic E-state index is 10.2. The number of hydrogen-bond acceptors (Lipinski definition) is 3. The van der Waals surface area contributed by atoms with Gasteiger partial charge in [-0.3, -0.25) is 0 Å². The van der Waals surface area contributed by atoms with Crippen LogP contribution in [0.25, 0.3) is 0 Å². The standard InChI is InChI=1S/C6H6N2O2/c1-4-2-3-5(6(9)10)8-7-4/h2-3H,1H3,(H,9,10). The van der Waals surface area contributed by atoms with Crippen LogP contribution in [-0.2, 0) is 0 Å². The Morgan fingerprint density at radius 2 is 2.20 bits per heavy atom. The molecule has 4 heteroatoms. The lowest BCUT2D eigenvalue weighted by atomic mass is 10.3. The fourth-order valence-corrected chi connectivity index (χ4v) is 0.513. The quantitative estimate of drug-likeness (QED) is 0.613. The SMILES string of the molecule is Cc1ccc(C(=O)O)nn1. The van der Waals surface area contributed by atoms with Crippen molar-refractivity contribution in [2.75, 3.05) is 0 Å². The van der Waals surface area contributed by atoms with E-state index in [0.717, 1.165) is 0 Å². The van der Waals surface area contributed by atoms with E-state index < -0.39 is 5.97 Å². The van der Waals surface area contributed by atoms with Gasteiger partial charge in [0.05, 0.1) is 5.69 Å². The zero-order chi connectivity index (χ0) is 7.56. The summed E-state index contributed by atoms with van der Waals surface area (Å²) in [6, 6.07) is 3.03. The molecule has 1 N–H and O–H groups in total. The Bertz CT molecular complexity index is 242. The summed E-state index contributed by atoms with van der Waals surface area (Å²) in [4.78, 5) is 10.2. The van der Waals surface area contributed by atoms with E-state index in [1.54, 1.807) is 13.0 Å². The van der Waals surface area contributed by atoms with Crippen molar-refractivity contribution < 1.29 is 9.90 Å². The molecule has 0 bridgehead atoms. The van der Waals surface area contributed by atoms with E-state index >= 15 is 0 Å². The lowest BCUT2D eigenvalue weighted by Crippen LogP contribution is -2.01. The number of carbonyl (C=O) groups is 1. The van der Waals surface area contributed by atoms with Crippen LogP contribution in [0.2, 0.25) is 0 Å². The normalized spacial score (nSPS) is 9.30. The second-order valence-corrected chi connectivity index (χ2v) is 1.87. The van der Waals surface area contributed by atoms with Crippen LogP contribution in [0.4, 0.5) is 0 Å². The molecular weight excluding hydrogens is 132 g/mol. The van der Waals surface area contributed by atoms with Crippen LogP contribution in [0.15, 0.2) is 12.1 Å². The summed E-state index contributed by atoms with van der Waals surface area (Å²) in [5.74, 6) is -1.05. The molecule has 0 aliphatic heterocycles. The Morgan fingerprint density at radius 1 is 1.50 bits per heavy atom. The lowest BCUT2D eigenvalue weighted by Gasteiger charge is -1.90. The van der Waals surface area contributed by atoms with Gasteiger partial charge in [0.15, 0.2) is 5.69 Å². The smallest absolute Gasteiger partial charge is 0.356 e. The van der Waals surface area contributed by atoms with E-state index in [1.165, 1.54) is 6.07 Å². The van der Waals surface area contributed by atoms with Crippen molar-refractivity contribution in [3.63, 3.8) is 0 Å². The van der Waals surface area contributed by atoms with Crippen molar-refractivity contribution >= 4 is 5.97 Å². The zero-order valence-electron chi connectivity index (χ0n) is 5.40. The van der Waals surface area contributed by atoms with Crippen molar-refractivity contribution in [1.29, 1.82) is 0 Å². The van der Waals surface area contributed by atoms with Gasteiger partial charge in [0, 0.05) is 0 Å². The summed E-state index contributed by atoms with van der Waals surface area (Å²) in [6.07, 6.45) is 0. The van der Waals surface area contributed by atoms with Crippen molar-refractivity contribution in [2.45, 2.75) is 6.92 Å². The maximum absolute atomic E-state index is 10.2. The average molecular weight is 138 g/mol. The molecule has 0 aliphatic carbocycles. The molecule has 1 heterocycles. The summed E-state index contributed by atoms with van der Waals surface area (Å²) >= 11 is 0. The Labute approximate surface area is 57.5 Å². The third-order valence-electron chi connectivity index (χ3n) is 1.02. The molecule has 0 atom stereocenters. The molecule has 0 amide bonds. The molecule has 1 aromatic rings. The summed E-state index contributed by atoms with van der Waals surface area (Å²) in [5, 5.41) is 15.4. The number of nitrogens with zero attached hydrogens (tertiary/aromatic N) is 2. The first kappa shape index (κ1) is 6.67. The second kappa shape index (κ2) is 2.43. The number of aromatic nitrogens is 2. The molecule has 0 saturated carbocycles. The number of carboxylic acid groups (broad SMARTS) is 1. The highest BCUT2D eigenvalue weighted by molar-refractivity contribution is 5.84. The number of hydrogen-bond donors (Lipinski definition) is 1. The fraction of sp³-hybridized carbons (Fsp3) is 0.167. The molecule has 52 valence electrons. The highest BCUT2D eigenvalue weighted by Gasteiger charge is 2.02. The van der Waals surface area contributed by atoms with Crippen LogP contribution in [0, 0.1) is 6.92 Å². The first-order chi connectivity index (χ1) is 4.70. The topological polar surface area (TPSA) is 63.1 Å². The predicted molar refractivity (Wildman–Crippen MR) is 33.7 cm³/mol. The Balaban J connectivity index is 3.00. The minimum absolute atomic E-state index is 0.0226. The maximum Gasteiger partial charge on any atom is 0.356 e. The van der Waals surface area contributed by atoms with Gasteiger partial charge in [-0.1, -0.05) is 0 Å². The van der Waals surface area contributed by atoms with E-state index in [4.69, 9.17) is 5.11 Å². The number of carboxylic acids is 1. The van der Waals surface area contributed by atoms with Gasteiger partial charge in [0.1, 0.15) is 0 Å². The van der Waals surface area contributed by atoms with Gasteiger partial charge in [-0.25, -0.2) is 4.79 Å². The van der Waals surface area contributed by atoms with Gasteiger partial charge < -0.3 is 5.11 Å². The Morgan fingerprint density at radius 3 is 2.60 bits per heavy atom. The van der Waals surface area contributed by atoms with Crippen molar-refractivity contribution in [1.82, 2.24) is 10.2 Å². The zero-order valence-corrected chi connectivity index (χ0v) is 5.40. The number of aryl methyl sites for hydroxylation is 1. The molecule has 0 saturated heterocycles. The predicted octanol–water partition coefficient (Wildman–Crippen LogP) is 0.483. The third kappa shape index (κ3) is 1.28. The Kier molecular flexibility index (Phi) is 1.62. The monoisotopic (exact) mass is 138 g/mol. The van der Waals surface area contributed by atoms with Crippen LogP contribution < -0.4 is 0 Å². The molecule has 0 spiro atoms. The Hall–Kier alpha value is -1.45. The van der Waals surface area contributed by atoms with Gasteiger partial charge in [0.2, 0.25) is 0 Å². The highest BCUT2D eigenvalue weighted by atomic mass is 16.4. The number of aromatic carboxylic acids is 1. The van der Waals surface area contributed by atoms with Gasteiger partial charge in [-0.15, -0.1) is 5.10 Å². The molecule has 1 rings (SSSR count). The van der Waals surface area contributed by atoms with E-state index in [9.17, 15) is 4.79 Å². The van der Waals surface area contributed by atoms with E-state index in [2.05, 4.69) is 10.2 Å². The van der Waals surface area contributed by atoms with Crippen LogP contribution in [0.1, 0.15) is 16.2 Å². The van der Waals surface area contributed by atoms with Crippen LogP contribution >= 0.6 is 0 Å². The molecule has 0 aromatic carbocycles. The summed E-state index contributed by atoms with van der Waals surface area (Å²) in [5.41, 5.74) is 0.690. The van der Waals surface area contributed by atoms with Crippen LogP contribution in [-0.4, -0.2) is 21.3 Å². The fourth-order valence-electron chi connectivity index (χ4n) is 0.513. The van der Waals surface area contributed by atoms with Crippen molar-refractivity contribution in [2.24, 2.45) is 0 Å². The summed E-state index contributed by atoms with van der Waals surface area (Å²) < 4.78 is 0. The van der Waals surface area contributed by atoms with Gasteiger partial charge >= 0.3 is 5.97 Å². The average Bonchev–Trinajstić information content (AvgIpc) is 1.88. The van der Waals surface area contributed by atoms with Crippen LogP contribution in [0.5, 0.6) is 0 Å². The molecule has 10 heavy (non-hydrogen) atoms. The minimum atomic E-state index is -1.05. The first-order valence-corrected chi connectivity index (χ1v) is 2.74. The molecule has 0 unspecified atom stereocenters. The first-order valence-electron chi connectivity index (χ1n) is 2.74. The van der Waals surface area contributed by atoms with Crippen molar-refractivity contribution in [3.05, 3.63) is 23.5 Å².